The highest BCUT2D eigenvalue weighted by Gasteiger charge is 2.09. The average molecular weight is 445 g/mol. The minimum atomic E-state index is -0.305. The Labute approximate surface area is 172 Å². The van der Waals surface area contributed by atoms with Crippen LogP contribution in [0.15, 0.2) is 53.3 Å². The van der Waals surface area contributed by atoms with Crippen molar-refractivity contribution in [3.8, 4) is 11.3 Å². The van der Waals surface area contributed by atoms with Gasteiger partial charge < -0.3 is 15.5 Å². The maximum atomic E-state index is 13.4. The number of hydrogen-bond acceptors (Lipinski definition) is 6. The van der Waals surface area contributed by atoms with E-state index in [4.69, 9.17) is 0 Å². The first-order valence-corrected chi connectivity index (χ1v) is 9.71. The molecule has 0 spiro atoms. The SMILES string of the molecule is CN(C)CCCNc1nc(Nc2ccc(F)cc2Br)cc(-c2ccncc2)n1. The Kier molecular flexibility index (Phi) is 6.89. The van der Waals surface area contributed by atoms with E-state index in [2.05, 4.69) is 46.4 Å². The molecule has 6 nitrogen and oxygen atoms in total. The van der Waals surface area contributed by atoms with Crippen molar-refractivity contribution in [2.24, 2.45) is 0 Å². The van der Waals surface area contributed by atoms with Crippen LogP contribution in [0, 0.1) is 5.82 Å². The molecule has 146 valence electrons. The molecule has 0 fully saturated rings. The summed E-state index contributed by atoms with van der Waals surface area (Å²) in [6, 6.07) is 10.1. The Hall–Kier alpha value is -2.58. The number of aromatic nitrogens is 3. The standard InChI is InChI=1S/C20H22BrFN6/c1-28(2)11-3-8-24-20-26-18(14-6-9-23-10-7-14)13-19(27-20)25-17-5-4-15(22)12-16(17)21/h4-7,9-10,12-13H,3,8,11H2,1-2H3,(H2,24,25,26,27). The highest BCUT2D eigenvalue weighted by Crippen LogP contribution is 2.28. The molecule has 0 aliphatic rings. The Balaban J connectivity index is 1.86. The number of hydrogen-bond donors (Lipinski definition) is 2. The number of halogens is 2. The summed E-state index contributed by atoms with van der Waals surface area (Å²) in [5, 5.41) is 6.51. The predicted molar refractivity (Wildman–Crippen MR) is 114 cm³/mol. The van der Waals surface area contributed by atoms with Gasteiger partial charge >= 0.3 is 0 Å². The number of nitrogens with zero attached hydrogens (tertiary/aromatic N) is 4. The van der Waals surface area contributed by atoms with Gasteiger partial charge in [0.1, 0.15) is 11.6 Å². The normalized spacial score (nSPS) is 10.9. The largest absolute Gasteiger partial charge is 0.354 e. The summed E-state index contributed by atoms with van der Waals surface area (Å²) in [7, 11) is 4.09. The van der Waals surface area contributed by atoms with Crippen molar-refractivity contribution in [3.63, 3.8) is 0 Å². The minimum Gasteiger partial charge on any atom is -0.354 e. The van der Waals surface area contributed by atoms with Crippen LogP contribution in [0.4, 0.5) is 21.8 Å². The Morgan fingerprint density at radius 3 is 2.57 bits per heavy atom. The van der Waals surface area contributed by atoms with Crippen molar-refractivity contribution < 1.29 is 4.39 Å². The lowest BCUT2D eigenvalue weighted by atomic mass is 10.2. The second-order valence-electron chi connectivity index (χ2n) is 6.53. The Morgan fingerprint density at radius 2 is 1.86 bits per heavy atom. The molecule has 2 heterocycles. The fourth-order valence-electron chi connectivity index (χ4n) is 2.59. The lowest BCUT2D eigenvalue weighted by molar-refractivity contribution is 0.405. The molecule has 1 aromatic carbocycles. The fourth-order valence-corrected chi connectivity index (χ4v) is 3.04. The maximum absolute atomic E-state index is 13.4. The maximum Gasteiger partial charge on any atom is 0.225 e. The van der Waals surface area contributed by atoms with Crippen LogP contribution < -0.4 is 10.6 Å². The van der Waals surface area contributed by atoms with Crippen LogP contribution in [0.25, 0.3) is 11.3 Å². The second kappa shape index (κ2) is 9.57. The predicted octanol–water partition coefficient (Wildman–Crippen LogP) is 4.55. The molecule has 0 aliphatic carbocycles. The summed E-state index contributed by atoms with van der Waals surface area (Å²) in [6.07, 6.45) is 4.43. The monoisotopic (exact) mass is 444 g/mol. The van der Waals surface area contributed by atoms with Crippen molar-refractivity contribution >= 4 is 33.4 Å². The van der Waals surface area contributed by atoms with E-state index in [1.165, 1.54) is 12.1 Å². The van der Waals surface area contributed by atoms with Gasteiger partial charge in [-0.1, -0.05) is 0 Å². The molecule has 0 amide bonds. The van der Waals surface area contributed by atoms with Gasteiger partial charge in [-0.25, -0.2) is 9.37 Å². The van der Waals surface area contributed by atoms with Crippen LogP contribution in [0.2, 0.25) is 0 Å². The topological polar surface area (TPSA) is 66.0 Å². The summed E-state index contributed by atoms with van der Waals surface area (Å²) >= 11 is 3.38. The van der Waals surface area contributed by atoms with E-state index >= 15 is 0 Å². The molecule has 2 aromatic heterocycles. The summed E-state index contributed by atoms with van der Waals surface area (Å²) in [6.45, 7) is 1.74. The first kappa shape index (κ1) is 20.2. The van der Waals surface area contributed by atoms with E-state index in [0.717, 1.165) is 36.5 Å². The molecule has 0 bridgehead atoms. The van der Waals surface area contributed by atoms with Crippen LogP contribution in [0.1, 0.15) is 6.42 Å². The second-order valence-corrected chi connectivity index (χ2v) is 7.39. The quantitative estimate of drug-likeness (QED) is 0.496. The zero-order valence-corrected chi connectivity index (χ0v) is 17.4. The molecule has 8 heteroatoms. The van der Waals surface area contributed by atoms with Crippen LogP contribution in [0.5, 0.6) is 0 Å². The van der Waals surface area contributed by atoms with Gasteiger partial charge in [0.15, 0.2) is 0 Å². The number of nitrogens with one attached hydrogen (secondary N) is 2. The molecule has 0 saturated carbocycles. The van der Waals surface area contributed by atoms with Crippen LogP contribution >= 0.6 is 15.9 Å². The summed E-state index contributed by atoms with van der Waals surface area (Å²) < 4.78 is 14.0. The van der Waals surface area contributed by atoms with Crippen LogP contribution in [-0.4, -0.2) is 47.0 Å². The number of anilines is 3. The average Bonchev–Trinajstić information content (AvgIpc) is 2.68. The lowest BCUT2D eigenvalue weighted by Crippen LogP contribution is -2.17. The number of rotatable bonds is 8. The van der Waals surface area contributed by atoms with E-state index in [1.807, 2.05) is 32.3 Å². The summed E-state index contributed by atoms with van der Waals surface area (Å²) in [5.74, 6) is 0.846. The first-order valence-electron chi connectivity index (χ1n) is 8.91. The van der Waals surface area contributed by atoms with Gasteiger partial charge in [0.25, 0.3) is 0 Å². The van der Waals surface area contributed by atoms with Gasteiger partial charge in [0.05, 0.1) is 11.4 Å². The summed E-state index contributed by atoms with van der Waals surface area (Å²) in [4.78, 5) is 15.4. The van der Waals surface area contributed by atoms with Crippen molar-refractivity contribution in [3.05, 3.63) is 59.1 Å². The van der Waals surface area contributed by atoms with Crippen molar-refractivity contribution in [2.45, 2.75) is 6.42 Å². The van der Waals surface area contributed by atoms with Gasteiger partial charge in [0, 0.05) is 35.0 Å². The Bertz CT molecular complexity index is 920. The van der Waals surface area contributed by atoms with E-state index in [-0.39, 0.29) is 5.82 Å². The first-order chi connectivity index (χ1) is 13.5. The Morgan fingerprint density at radius 1 is 1.07 bits per heavy atom. The number of benzene rings is 1. The summed E-state index contributed by atoms with van der Waals surface area (Å²) in [5.41, 5.74) is 2.43. The molecular formula is C20H22BrFN6. The molecule has 0 atom stereocenters. The molecule has 0 saturated heterocycles. The molecule has 2 N–H and O–H groups in total. The fraction of sp³-hybridized carbons (Fsp3) is 0.250. The van der Waals surface area contributed by atoms with E-state index in [1.54, 1.807) is 18.5 Å². The van der Waals surface area contributed by atoms with Gasteiger partial charge in [-0.2, -0.15) is 4.98 Å². The van der Waals surface area contributed by atoms with Crippen molar-refractivity contribution in [1.82, 2.24) is 19.9 Å². The molecule has 28 heavy (non-hydrogen) atoms. The van der Waals surface area contributed by atoms with Gasteiger partial charge in [0.2, 0.25) is 5.95 Å². The molecule has 3 rings (SSSR count). The highest BCUT2D eigenvalue weighted by atomic mass is 79.9. The van der Waals surface area contributed by atoms with E-state index in [9.17, 15) is 4.39 Å². The zero-order chi connectivity index (χ0) is 19.9. The van der Waals surface area contributed by atoms with Gasteiger partial charge in [-0.05, 0) is 73.3 Å². The van der Waals surface area contributed by atoms with Crippen LogP contribution in [-0.2, 0) is 0 Å². The third-order valence-electron chi connectivity index (χ3n) is 3.96. The highest BCUT2D eigenvalue weighted by molar-refractivity contribution is 9.10. The third-order valence-corrected chi connectivity index (χ3v) is 4.62. The zero-order valence-electron chi connectivity index (χ0n) is 15.8. The molecule has 0 aliphatic heterocycles. The van der Waals surface area contributed by atoms with Gasteiger partial charge in [-0.3, -0.25) is 4.98 Å². The van der Waals surface area contributed by atoms with E-state index < -0.39 is 0 Å². The minimum absolute atomic E-state index is 0.305. The molecule has 0 radical (unpaired) electrons. The van der Waals surface area contributed by atoms with Gasteiger partial charge in [-0.15, -0.1) is 0 Å². The van der Waals surface area contributed by atoms with Crippen molar-refractivity contribution in [1.29, 1.82) is 0 Å². The van der Waals surface area contributed by atoms with E-state index in [0.29, 0.717) is 16.2 Å². The van der Waals surface area contributed by atoms with Crippen LogP contribution in [0.3, 0.4) is 0 Å². The molecular weight excluding hydrogens is 423 g/mol. The molecule has 3 aromatic rings. The number of pyridine rings is 1. The lowest BCUT2D eigenvalue weighted by Gasteiger charge is -2.13. The van der Waals surface area contributed by atoms with Crippen molar-refractivity contribution in [2.75, 3.05) is 37.8 Å². The molecule has 0 unspecified atom stereocenters. The smallest absolute Gasteiger partial charge is 0.225 e. The third kappa shape index (κ3) is 5.71.